The predicted molar refractivity (Wildman–Crippen MR) is 134 cm³/mol. The van der Waals surface area contributed by atoms with Crippen LogP contribution in [-0.4, -0.2) is 33.4 Å². The summed E-state index contributed by atoms with van der Waals surface area (Å²) < 4.78 is 6.93. The highest BCUT2D eigenvalue weighted by atomic mass is 35.5. The fourth-order valence-electron chi connectivity index (χ4n) is 3.69. The van der Waals surface area contributed by atoms with Crippen LogP contribution >= 0.6 is 11.6 Å². The van der Waals surface area contributed by atoms with Crippen LogP contribution in [0.5, 0.6) is 0 Å². The summed E-state index contributed by atoms with van der Waals surface area (Å²) in [4.78, 5) is 38.7. The lowest BCUT2D eigenvalue weighted by molar-refractivity contribution is 0.0312. The van der Waals surface area contributed by atoms with Gasteiger partial charge in [-0.1, -0.05) is 84.4 Å². The molecule has 35 heavy (non-hydrogen) atoms. The molecule has 0 bridgehead atoms. The third kappa shape index (κ3) is 5.39. The Balaban J connectivity index is 1.65. The van der Waals surface area contributed by atoms with E-state index in [9.17, 15) is 14.4 Å². The smallest absolute Gasteiger partial charge is 0.359 e. The van der Waals surface area contributed by atoms with E-state index in [1.165, 1.54) is 11.6 Å². The number of ether oxygens (including phenoxy) is 1. The summed E-state index contributed by atoms with van der Waals surface area (Å²) in [7, 11) is 0. The largest absolute Gasteiger partial charge is 0.449 e. The highest BCUT2D eigenvalue weighted by Gasteiger charge is 2.27. The zero-order valence-corrected chi connectivity index (χ0v) is 20.0. The summed E-state index contributed by atoms with van der Waals surface area (Å²) in [6.45, 7) is 3.24. The topological polar surface area (TPSA) is 78.3 Å². The van der Waals surface area contributed by atoms with Gasteiger partial charge in [0.15, 0.2) is 17.6 Å². The number of rotatable bonds is 8. The van der Waals surface area contributed by atoms with Crippen molar-refractivity contribution in [2.24, 2.45) is 0 Å². The number of esters is 1. The van der Waals surface area contributed by atoms with Gasteiger partial charge in [-0.3, -0.25) is 14.3 Å². The SMILES string of the molecule is C[C@H](C(=O)c1ccccc1)n1nc(C(=O)O[C@H](C)C(=O)c2ccccc2)cc1-c1ccc(Cl)cc1. The van der Waals surface area contributed by atoms with Gasteiger partial charge in [-0.15, -0.1) is 0 Å². The molecule has 0 saturated heterocycles. The fraction of sp³-hybridized carbons (Fsp3) is 0.143. The number of carbonyl (C=O) groups is 3. The molecule has 0 radical (unpaired) electrons. The lowest BCUT2D eigenvalue weighted by atomic mass is 10.0. The van der Waals surface area contributed by atoms with Gasteiger partial charge in [0.05, 0.1) is 5.69 Å². The summed E-state index contributed by atoms with van der Waals surface area (Å²) in [5, 5.41) is 4.97. The molecule has 4 aromatic rings. The van der Waals surface area contributed by atoms with Crippen molar-refractivity contribution in [2.75, 3.05) is 0 Å². The summed E-state index contributed by atoms with van der Waals surface area (Å²) in [6, 6.07) is 25.4. The van der Waals surface area contributed by atoms with Crippen molar-refractivity contribution in [1.29, 1.82) is 0 Å². The van der Waals surface area contributed by atoms with Gasteiger partial charge in [-0.25, -0.2) is 4.79 Å². The average molecular weight is 487 g/mol. The van der Waals surface area contributed by atoms with Crippen LogP contribution in [0.4, 0.5) is 0 Å². The molecular weight excluding hydrogens is 464 g/mol. The lowest BCUT2D eigenvalue weighted by Gasteiger charge is -2.15. The third-order valence-electron chi connectivity index (χ3n) is 5.60. The van der Waals surface area contributed by atoms with Crippen LogP contribution in [0.1, 0.15) is 51.1 Å². The molecule has 0 saturated carbocycles. The number of benzene rings is 3. The second kappa shape index (κ2) is 10.5. The zero-order chi connectivity index (χ0) is 24.9. The Labute approximate surface area is 208 Å². The van der Waals surface area contributed by atoms with Crippen molar-refractivity contribution in [3.05, 3.63) is 113 Å². The fourth-order valence-corrected chi connectivity index (χ4v) is 3.82. The number of nitrogens with zero attached hydrogens (tertiary/aromatic N) is 2. The zero-order valence-electron chi connectivity index (χ0n) is 19.2. The van der Waals surface area contributed by atoms with E-state index in [0.717, 1.165) is 5.56 Å². The quantitative estimate of drug-likeness (QED) is 0.223. The number of aromatic nitrogens is 2. The van der Waals surface area contributed by atoms with Crippen molar-refractivity contribution < 1.29 is 19.1 Å². The summed E-state index contributed by atoms with van der Waals surface area (Å²) in [5.41, 5.74) is 2.25. The van der Waals surface area contributed by atoms with Gasteiger partial charge in [0, 0.05) is 16.1 Å². The van der Waals surface area contributed by atoms with E-state index in [1.54, 1.807) is 91.9 Å². The van der Waals surface area contributed by atoms with E-state index in [4.69, 9.17) is 16.3 Å². The Kier molecular flexibility index (Phi) is 7.22. The Morgan fingerprint density at radius 1 is 0.800 bits per heavy atom. The van der Waals surface area contributed by atoms with Gasteiger partial charge in [0.2, 0.25) is 5.78 Å². The molecule has 0 fully saturated rings. The third-order valence-corrected chi connectivity index (χ3v) is 5.85. The molecule has 7 heteroatoms. The van der Waals surface area contributed by atoms with Crippen molar-refractivity contribution in [3.63, 3.8) is 0 Å². The highest BCUT2D eigenvalue weighted by molar-refractivity contribution is 6.30. The molecular formula is C28H23ClN2O4. The van der Waals surface area contributed by atoms with E-state index in [-0.39, 0.29) is 17.3 Å². The first-order chi connectivity index (χ1) is 16.8. The number of ketones is 2. The number of hydrogen-bond donors (Lipinski definition) is 0. The number of hydrogen-bond acceptors (Lipinski definition) is 5. The minimum absolute atomic E-state index is 0.00428. The van der Waals surface area contributed by atoms with Crippen LogP contribution in [0.15, 0.2) is 91.0 Å². The molecule has 2 atom stereocenters. The van der Waals surface area contributed by atoms with Crippen molar-refractivity contribution in [1.82, 2.24) is 9.78 Å². The maximum atomic E-state index is 13.1. The van der Waals surface area contributed by atoms with Gasteiger partial charge in [0.25, 0.3) is 0 Å². The molecule has 0 unspecified atom stereocenters. The predicted octanol–water partition coefficient (Wildman–Crippen LogP) is 6.08. The van der Waals surface area contributed by atoms with Crippen molar-refractivity contribution in [2.45, 2.75) is 26.0 Å². The molecule has 0 aliphatic carbocycles. The first-order valence-corrected chi connectivity index (χ1v) is 11.5. The summed E-state index contributed by atoms with van der Waals surface area (Å²) in [5.74, 6) is -1.23. The molecule has 0 aliphatic rings. The van der Waals surface area contributed by atoms with Crippen molar-refractivity contribution in [3.8, 4) is 11.3 Å². The molecule has 1 aromatic heterocycles. The average Bonchev–Trinajstić information content (AvgIpc) is 3.34. The normalized spacial score (nSPS) is 12.5. The number of Topliss-reactive ketones (excluding diaryl/α,β-unsaturated/α-hetero) is 2. The second-order valence-corrected chi connectivity index (χ2v) is 8.49. The van der Waals surface area contributed by atoms with Crippen molar-refractivity contribution >= 4 is 29.1 Å². The lowest BCUT2D eigenvalue weighted by Crippen LogP contribution is -2.25. The maximum absolute atomic E-state index is 13.1. The highest BCUT2D eigenvalue weighted by Crippen LogP contribution is 2.27. The van der Waals surface area contributed by atoms with E-state index < -0.39 is 18.1 Å². The molecule has 0 N–H and O–H groups in total. The molecule has 0 amide bonds. The molecule has 4 rings (SSSR count). The first kappa shape index (κ1) is 24.1. The molecule has 3 aromatic carbocycles. The number of halogens is 1. The van der Waals surface area contributed by atoms with Gasteiger partial charge in [-0.05, 0) is 37.6 Å². The summed E-state index contributed by atoms with van der Waals surface area (Å²) >= 11 is 6.04. The molecule has 1 heterocycles. The van der Waals surface area contributed by atoms with E-state index in [0.29, 0.717) is 21.8 Å². The first-order valence-electron chi connectivity index (χ1n) is 11.1. The standard InChI is InChI=1S/C28H23ClN2O4/c1-18(26(32)21-9-5-3-6-10-21)31-25(20-13-15-23(29)16-14-20)17-24(30-31)28(34)35-19(2)27(33)22-11-7-4-8-12-22/h3-19H,1-2H3/t18-,19-/m1/s1. The van der Waals surface area contributed by atoms with Crippen LogP contribution in [0.25, 0.3) is 11.3 Å². The van der Waals surface area contributed by atoms with Crippen LogP contribution in [0.3, 0.4) is 0 Å². The van der Waals surface area contributed by atoms with E-state index in [2.05, 4.69) is 5.10 Å². The van der Waals surface area contributed by atoms with Gasteiger partial charge in [-0.2, -0.15) is 5.10 Å². The number of carbonyl (C=O) groups excluding carboxylic acids is 3. The van der Waals surface area contributed by atoms with E-state index in [1.807, 2.05) is 6.07 Å². The Bertz CT molecular complexity index is 1350. The second-order valence-electron chi connectivity index (χ2n) is 8.05. The minimum Gasteiger partial charge on any atom is -0.449 e. The molecule has 0 spiro atoms. The monoisotopic (exact) mass is 486 g/mol. The maximum Gasteiger partial charge on any atom is 0.359 e. The van der Waals surface area contributed by atoms with Crippen LogP contribution in [-0.2, 0) is 4.74 Å². The Hall–Kier alpha value is -4.03. The molecule has 0 aliphatic heterocycles. The summed E-state index contributed by atoms with van der Waals surface area (Å²) in [6.07, 6.45) is -1.00. The molecule has 6 nitrogen and oxygen atoms in total. The van der Waals surface area contributed by atoms with Crippen LogP contribution in [0.2, 0.25) is 5.02 Å². The van der Waals surface area contributed by atoms with Gasteiger partial charge in [0.1, 0.15) is 6.04 Å². The minimum atomic E-state index is -1.00. The van der Waals surface area contributed by atoms with Crippen LogP contribution in [0, 0.1) is 0 Å². The Morgan fingerprint density at radius 3 is 1.91 bits per heavy atom. The van der Waals surface area contributed by atoms with E-state index >= 15 is 0 Å². The van der Waals surface area contributed by atoms with Gasteiger partial charge < -0.3 is 4.74 Å². The molecule has 176 valence electrons. The van der Waals surface area contributed by atoms with Gasteiger partial charge >= 0.3 is 5.97 Å². The van der Waals surface area contributed by atoms with Crippen LogP contribution < -0.4 is 0 Å². The Morgan fingerprint density at radius 2 is 1.34 bits per heavy atom.